The monoisotopic (exact) mass is 696 g/mol. The Morgan fingerprint density at radius 2 is 1.60 bits per heavy atom. The van der Waals surface area contributed by atoms with Gasteiger partial charge in [0.1, 0.15) is 5.82 Å². The summed E-state index contributed by atoms with van der Waals surface area (Å²) in [5.74, 6) is -0.436. The molecule has 0 unspecified atom stereocenters. The first-order valence-corrected chi connectivity index (χ1v) is 18.3. The lowest BCUT2D eigenvalue weighted by atomic mass is 10.1. The second-order valence-corrected chi connectivity index (χ2v) is 15.3. The summed E-state index contributed by atoms with van der Waals surface area (Å²) in [7, 11) is -3.87. The van der Waals surface area contributed by atoms with E-state index in [-0.39, 0.29) is 31.2 Å². The third kappa shape index (κ3) is 6.55. The highest BCUT2D eigenvalue weighted by atomic mass is 32.2. The zero-order chi connectivity index (χ0) is 35.0. The lowest BCUT2D eigenvalue weighted by Gasteiger charge is -2.37. The minimum Gasteiger partial charge on any atom is -0.368 e. The van der Waals surface area contributed by atoms with Crippen LogP contribution in [0.2, 0.25) is 0 Å². The number of hydrogen-bond donors (Lipinski definition) is 2. The fraction of sp³-hybridized carbons (Fsp3) is 0.306. The maximum Gasteiger partial charge on any atom is 0.247 e. The molecule has 1 atom stereocenters. The van der Waals surface area contributed by atoms with Crippen LogP contribution in [0.3, 0.4) is 0 Å². The molecule has 0 spiro atoms. The first kappa shape index (κ1) is 33.3. The topological polar surface area (TPSA) is 144 Å². The number of piperazine rings is 1. The number of benzene rings is 3. The normalized spacial score (nSPS) is 18.5. The number of nitrogens with one attached hydrogen (secondary N) is 2. The molecule has 5 aromatic rings. The van der Waals surface area contributed by atoms with Crippen LogP contribution in [0.25, 0.3) is 33.5 Å². The van der Waals surface area contributed by atoms with Crippen molar-refractivity contribution < 1.29 is 22.4 Å². The van der Waals surface area contributed by atoms with E-state index in [0.29, 0.717) is 66.4 Å². The molecule has 0 bridgehead atoms. The van der Waals surface area contributed by atoms with Crippen LogP contribution in [-0.4, -0.2) is 107 Å². The summed E-state index contributed by atoms with van der Waals surface area (Å²) in [5, 5.41) is 10.8. The zero-order valence-electron chi connectivity index (χ0n) is 27.8. The maximum absolute atomic E-state index is 13.8. The van der Waals surface area contributed by atoms with Crippen LogP contribution in [0.4, 0.5) is 15.8 Å². The largest absolute Gasteiger partial charge is 0.368 e. The highest BCUT2D eigenvalue weighted by molar-refractivity contribution is 7.93. The van der Waals surface area contributed by atoms with Crippen LogP contribution in [0.5, 0.6) is 0 Å². The van der Waals surface area contributed by atoms with E-state index < -0.39 is 20.5 Å². The Morgan fingerprint density at radius 1 is 0.920 bits per heavy atom. The molecule has 2 aromatic heterocycles. The number of aromatic amines is 1. The number of anilines is 2. The molecule has 50 heavy (non-hydrogen) atoms. The standard InChI is InChI=1S/C36H37FN8O4S/c1-24-20-38-34(39-21-24)26-5-10-29(11-6-26)44-15-17-45(18-16-44)32(46)22-43-14-13-36(23-43,50(2,48)49)35(47)40-28-9-12-31-30(19-28)33(42-41-31)25-3-7-27(37)8-4-25/h3-12,19-21H,13-18,22-23H2,1-2H3,(H,40,47)(H,41,42)/t36-/m0/s1. The van der Waals surface area contributed by atoms with E-state index in [1.54, 1.807) is 52.5 Å². The van der Waals surface area contributed by atoms with Crippen molar-refractivity contribution in [3.63, 3.8) is 0 Å². The third-order valence-electron chi connectivity index (χ3n) is 9.64. The van der Waals surface area contributed by atoms with Gasteiger partial charge in [-0.2, -0.15) is 5.10 Å². The van der Waals surface area contributed by atoms with Crippen LogP contribution in [0.1, 0.15) is 12.0 Å². The maximum atomic E-state index is 13.8. The molecule has 2 amide bonds. The Bertz CT molecular complexity index is 2150. The van der Waals surface area contributed by atoms with Gasteiger partial charge in [0.05, 0.1) is 17.8 Å². The SMILES string of the molecule is Cc1cnc(-c2ccc(N3CCN(C(=O)CN4CC[C@](C(=O)Nc5ccc6[nH]nc(-c7ccc(F)cc7)c6c5)(S(C)(=O)=O)C4)CC3)cc2)nc1. The van der Waals surface area contributed by atoms with E-state index in [1.165, 1.54) is 12.1 Å². The van der Waals surface area contributed by atoms with Gasteiger partial charge < -0.3 is 15.1 Å². The Morgan fingerprint density at radius 3 is 2.28 bits per heavy atom. The van der Waals surface area contributed by atoms with E-state index in [0.717, 1.165) is 23.1 Å². The van der Waals surface area contributed by atoms with Crippen LogP contribution in [-0.2, 0) is 19.4 Å². The molecule has 3 aromatic carbocycles. The number of fused-ring (bicyclic) bond motifs is 1. The molecule has 0 aliphatic carbocycles. The van der Waals surface area contributed by atoms with Gasteiger partial charge in [-0.1, -0.05) is 0 Å². The summed E-state index contributed by atoms with van der Waals surface area (Å²) in [6.45, 7) is 4.56. The van der Waals surface area contributed by atoms with Gasteiger partial charge in [-0.25, -0.2) is 22.8 Å². The van der Waals surface area contributed by atoms with Gasteiger partial charge >= 0.3 is 0 Å². The molecule has 2 aliphatic heterocycles. The molecule has 2 fully saturated rings. The van der Waals surface area contributed by atoms with Crippen molar-refractivity contribution in [3.05, 3.63) is 90.5 Å². The number of hydrogen-bond acceptors (Lipinski definition) is 9. The molecule has 7 rings (SSSR count). The van der Waals surface area contributed by atoms with Gasteiger partial charge in [0.15, 0.2) is 20.4 Å². The van der Waals surface area contributed by atoms with Gasteiger partial charge in [-0.05, 0) is 85.6 Å². The van der Waals surface area contributed by atoms with E-state index >= 15 is 0 Å². The number of rotatable bonds is 8. The summed E-state index contributed by atoms with van der Waals surface area (Å²) >= 11 is 0. The van der Waals surface area contributed by atoms with Crippen molar-refractivity contribution in [3.8, 4) is 22.6 Å². The summed E-state index contributed by atoms with van der Waals surface area (Å²) in [6, 6.07) is 19.1. The fourth-order valence-corrected chi connectivity index (χ4v) is 7.95. The Balaban J connectivity index is 0.974. The minimum atomic E-state index is -3.87. The lowest BCUT2D eigenvalue weighted by Crippen LogP contribution is -2.53. The molecule has 0 saturated carbocycles. The number of H-pyrrole nitrogens is 1. The second kappa shape index (κ2) is 13.2. The molecule has 0 radical (unpaired) electrons. The van der Waals surface area contributed by atoms with Crippen LogP contribution >= 0.6 is 0 Å². The first-order valence-electron chi connectivity index (χ1n) is 16.4. The van der Waals surface area contributed by atoms with Gasteiger partial charge in [0.25, 0.3) is 0 Å². The quantitative estimate of drug-likeness (QED) is 0.247. The average molecular weight is 697 g/mol. The van der Waals surface area contributed by atoms with E-state index in [2.05, 4.69) is 30.4 Å². The van der Waals surface area contributed by atoms with E-state index in [4.69, 9.17) is 0 Å². The number of aryl methyl sites for hydroxylation is 1. The molecule has 14 heteroatoms. The van der Waals surface area contributed by atoms with Crippen molar-refractivity contribution in [2.24, 2.45) is 0 Å². The molecule has 12 nitrogen and oxygen atoms in total. The first-order chi connectivity index (χ1) is 24.0. The van der Waals surface area contributed by atoms with E-state index in [1.807, 2.05) is 31.2 Å². The fourth-order valence-electron chi connectivity index (χ4n) is 6.68. The van der Waals surface area contributed by atoms with Crippen molar-refractivity contribution in [2.75, 3.05) is 62.3 Å². The average Bonchev–Trinajstić information content (AvgIpc) is 3.74. The number of carbonyl (C=O) groups excluding carboxylic acids is 2. The van der Waals surface area contributed by atoms with Crippen molar-refractivity contribution in [1.82, 2.24) is 30.0 Å². The highest BCUT2D eigenvalue weighted by Gasteiger charge is 2.53. The van der Waals surface area contributed by atoms with Crippen LogP contribution < -0.4 is 10.2 Å². The number of sulfone groups is 1. The van der Waals surface area contributed by atoms with Crippen LogP contribution in [0.15, 0.2) is 79.1 Å². The van der Waals surface area contributed by atoms with Crippen molar-refractivity contribution >= 4 is 43.9 Å². The number of amides is 2. The number of halogens is 1. The Labute approximate surface area is 289 Å². The van der Waals surface area contributed by atoms with Gasteiger partial charge in [0.2, 0.25) is 11.8 Å². The van der Waals surface area contributed by atoms with Gasteiger partial charge in [-0.15, -0.1) is 0 Å². The van der Waals surface area contributed by atoms with Gasteiger partial charge in [0, 0.05) is 85.8 Å². The highest BCUT2D eigenvalue weighted by Crippen LogP contribution is 2.33. The molecule has 4 heterocycles. The van der Waals surface area contributed by atoms with Crippen molar-refractivity contribution in [1.29, 1.82) is 0 Å². The Hall–Kier alpha value is -5.21. The van der Waals surface area contributed by atoms with Crippen LogP contribution in [0, 0.1) is 12.7 Å². The summed E-state index contributed by atoms with van der Waals surface area (Å²) < 4.78 is 38.2. The molecule has 2 aliphatic rings. The number of nitrogens with zero attached hydrogens (tertiary/aromatic N) is 6. The number of aromatic nitrogens is 4. The number of likely N-dealkylation sites (tertiary alicyclic amines) is 1. The second-order valence-electron chi connectivity index (χ2n) is 13.0. The lowest BCUT2D eigenvalue weighted by molar-refractivity contribution is -0.132. The predicted octanol–water partition coefficient (Wildman–Crippen LogP) is 3.91. The number of carbonyl (C=O) groups is 2. The minimum absolute atomic E-state index is 0.0256. The smallest absolute Gasteiger partial charge is 0.247 e. The molecular formula is C36H37FN8O4S. The predicted molar refractivity (Wildman–Crippen MR) is 190 cm³/mol. The van der Waals surface area contributed by atoms with E-state index in [9.17, 15) is 22.4 Å². The van der Waals surface area contributed by atoms with Crippen molar-refractivity contribution in [2.45, 2.75) is 18.1 Å². The Kier molecular flexibility index (Phi) is 8.82. The summed E-state index contributed by atoms with van der Waals surface area (Å²) in [6.07, 6.45) is 4.73. The summed E-state index contributed by atoms with van der Waals surface area (Å²) in [4.78, 5) is 41.7. The van der Waals surface area contributed by atoms with Gasteiger partial charge in [-0.3, -0.25) is 19.6 Å². The summed E-state index contributed by atoms with van der Waals surface area (Å²) in [5.41, 5.74) is 5.36. The molecule has 258 valence electrons. The zero-order valence-corrected chi connectivity index (χ0v) is 28.6. The third-order valence-corrected chi connectivity index (χ3v) is 11.6. The molecule has 2 saturated heterocycles. The molecular weight excluding hydrogens is 660 g/mol. The molecule has 2 N–H and O–H groups in total.